The van der Waals surface area contributed by atoms with Crippen LogP contribution < -0.4 is 16.4 Å². The molecule has 0 saturated heterocycles. The summed E-state index contributed by atoms with van der Waals surface area (Å²) >= 11 is 6.05. The number of primary amides is 1. The Morgan fingerprint density at radius 1 is 1.13 bits per heavy atom. The summed E-state index contributed by atoms with van der Waals surface area (Å²) in [6, 6.07) is 10.7. The van der Waals surface area contributed by atoms with E-state index in [2.05, 4.69) is 20.6 Å². The predicted molar refractivity (Wildman–Crippen MR) is 112 cm³/mol. The van der Waals surface area contributed by atoms with Crippen LogP contribution in [0.25, 0.3) is 0 Å². The lowest BCUT2D eigenvalue weighted by atomic mass is 10.1. The molecule has 3 amide bonds. The van der Waals surface area contributed by atoms with Crippen molar-refractivity contribution in [1.29, 1.82) is 0 Å². The maximum atomic E-state index is 12.4. The quantitative estimate of drug-likeness (QED) is 0.408. The monoisotopic (exact) mass is 427 g/mol. The van der Waals surface area contributed by atoms with E-state index in [1.54, 1.807) is 37.3 Å². The summed E-state index contributed by atoms with van der Waals surface area (Å²) in [7, 11) is 0. The van der Waals surface area contributed by atoms with Crippen molar-refractivity contribution in [2.45, 2.75) is 13.3 Å². The van der Waals surface area contributed by atoms with Crippen molar-refractivity contribution in [3.8, 4) is 0 Å². The number of imidazole rings is 1. The molecule has 1 aromatic heterocycles. The number of aromatic amines is 1. The van der Waals surface area contributed by atoms with E-state index in [0.717, 1.165) is 5.56 Å². The fourth-order valence-corrected chi connectivity index (χ4v) is 2.91. The number of nitrogens with two attached hydrogens (primary N) is 1. The molecule has 6 N–H and O–H groups in total. The lowest BCUT2D eigenvalue weighted by Crippen LogP contribution is -2.23. The molecule has 0 aliphatic rings. The molecule has 30 heavy (non-hydrogen) atoms. The summed E-state index contributed by atoms with van der Waals surface area (Å²) in [6.07, 6.45) is 0.275. The van der Waals surface area contributed by atoms with Gasteiger partial charge in [0.05, 0.1) is 5.56 Å². The third kappa shape index (κ3) is 4.76. The van der Waals surface area contributed by atoms with Crippen LogP contribution in [-0.2, 0) is 6.42 Å². The number of urea groups is 1. The molecule has 0 aliphatic heterocycles. The highest BCUT2D eigenvalue weighted by Gasteiger charge is 2.18. The van der Waals surface area contributed by atoms with Crippen LogP contribution in [0, 0.1) is 6.92 Å². The van der Waals surface area contributed by atoms with Gasteiger partial charge in [-0.2, -0.15) is 0 Å². The minimum Gasteiger partial charge on any atom is -0.478 e. The van der Waals surface area contributed by atoms with E-state index in [0.29, 0.717) is 22.1 Å². The molecule has 0 atom stereocenters. The van der Waals surface area contributed by atoms with Crippen LogP contribution in [0.15, 0.2) is 42.5 Å². The van der Waals surface area contributed by atoms with Gasteiger partial charge < -0.3 is 21.1 Å². The highest BCUT2D eigenvalue weighted by molar-refractivity contribution is 6.31. The first kappa shape index (κ1) is 20.9. The van der Waals surface area contributed by atoms with Crippen molar-refractivity contribution in [2.75, 3.05) is 10.6 Å². The number of nitrogens with one attached hydrogen (secondary N) is 3. The molecule has 2 aromatic carbocycles. The smallest absolute Gasteiger partial charge is 0.335 e. The minimum absolute atomic E-state index is 0.0168. The van der Waals surface area contributed by atoms with Crippen LogP contribution >= 0.6 is 11.6 Å². The van der Waals surface area contributed by atoms with E-state index in [-0.39, 0.29) is 23.5 Å². The standard InChI is InChI=1S/C20H18ClN5O4/c1-10-13(21)3-2-4-14(10)23-20(30)26-18-16(17(22)27)24-15(25-18)9-11-5-7-12(8-6-11)19(28)29/h2-8H,9H2,1H3,(H2,22,27)(H,24,25)(H,28,29)(H2,23,26,30). The highest BCUT2D eigenvalue weighted by atomic mass is 35.5. The van der Waals surface area contributed by atoms with Crippen molar-refractivity contribution < 1.29 is 19.5 Å². The number of hydrogen-bond acceptors (Lipinski definition) is 4. The average Bonchev–Trinajstić information content (AvgIpc) is 3.08. The lowest BCUT2D eigenvalue weighted by Gasteiger charge is -2.10. The van der Waals surface area contributed by atoms with Crippen molar-refractivity contribution in [2.24, 2.45) is 5.73 Å². The van der Waals surface area contributed by atoms with Crippen LogP contribution in [0.1, 0.15) is 37.8 Å². The second kappa shape index (κ2) is 8.66. The number of carboxylic acids is 1. The number of benzene rings is 2. The van der Waals surface area contributed by atoms with Gasteiger partial charge in [0.15, 0.2) is 5.82 Å². The van der Waals surface area contributed by atoms with Gasteiger partial charge in [0, 0.05) is 17.1 Å². The van der Waals surface area contributed by atoms with E-state index in [4.69, 9.17) is 22.4 Å². The third-order valence-corrected chi connectivity index (χ3v) is 4.73. The predicted octanol–water partition coefficient (Wildman–Crippen LogP) is 3.40. The maximum Gasteiger partial charge on any atom is 0.335 e. The number of aromatic nitrogens is 2. The Hall–Kier alpha value is -3.85. The van der Waals surface area contributed by atoms with Gasteiger partial charge in [-0.15, -0.1) is 0 Å². The summed E-state index contributed by atoms with van der Waals surface area (Å²) < 4.78 is 0. The van der Waals surface area contributed by atoms with Crippen LogP contribution in [0.3, 0.4) is 0 Å². The number of nitrogens with zero attached hydrogens (tertiary/aromatic N) is 1. The molecule has 0 saturated carbocycles. The van der Waals surface area contributed by atoms with Crippen molar-refractivity contribution in [1.82, 2.24) is 9.97 Å². The normalized spacial score (nSPS) is 10.5. The second-order valence-electron chi connectivity index (χ2n) is 6.44. The Morgan fingerprint density at radius 2 is 1.83 bits per heavy atom. The van der Waals surface area contributed by atoms with Gasteiger partial charge in [0.1, 0.15) is 11.5 Å². The molecule has 10 heteroatoms. The Labute approximate surface area is 176 Å². The zero-order valence-corrected chi connectivity index (χ0v) is 16.6. The van der Waals surface area contributed by atoms with E-state index < -0.39 is 17.9 Å². The van der Waals surface area contributed by atoms with Gasteiger partial charge >= 0.3 is 12.0 Å². The fraction of sp³-hybridized carbons (Fsp3) is 0.100. The van der Waals surface area contributed by atoms with Crippen LogP contribution in [0.2, 0.25) is 5.02 Å². The van der Waals surface area contributed by atoms with Gasteiger partial charge in [0.25, 0.3) is 5.91 Å². The first-order valence-corrected chi connectivity index (χ1v) is 9.16. The number of H-pyrrole nitrogens is 1. The summed E-state index contributed by atoms with van der Waals surface area (Å²) in [5.41, 5.74) is 7.45. The molecule has 3 rings (SSSR count). The number of carbonyl (C=O) groups is 3. The number of halogens is 1. The molecule has 0 radical (unpaired) electrons. The van der Waals surface area contributed by atoms with Crippen LogP contribution in [0.4, 0.5) is 16.3 Å². The van der Waals surface area contributed by atoms with Gasteiger partial charge in [-0.3, -0.25) is 10.1 Å². The Morgan fingerprint density at radius 3 is 2.47 bits per heavy atom. The molecule has 0 spiro atoms. The first-order valence-electron chi connectivity index (χ1n) is 8.78. The van der Waals surface area contributed by atoms with E-state index in [9.17, 15) is 14.4 Å². The Bertz CT molecular complexity index is 1120. The van der Waals surface area contributed by atoms with E-state index in [1.807, 2.05) is 0 Å². The number of amides is 3. The number of aromatic carboxylic acids is 1. The molecule has 1 heterocycles. The minimum atomic E-state index is -1.02. The van der Waals surface area contributed by atoms with Crippen molar-refractivity contribution in [3.63, 3.8) is 0 Å². The maximum absolute atomic E-state index is 12.4. The molecule has 154 valence electrons. The largest absolute Gasteiger partial charge is 0.478 e. The molecule has 3 aromatic rings. The van der Waals surface area contributed by atoms with E-state index in [1.165, 1.54) is 12.1 Å². The van der Waals surface area contributed by atoms with Gasteiger partial charge in [-0.25, -0.2) is 14.6 Å². The summed E-state index contributed by atoms with van der Waals surface area (Å²) in [6.45, 7) is 1.76. The lowest BCUT2D eigenvalue weighted by molar-refractivity contribution is 0.0696. The fourth-order valence-electron chi connectivity index (χ4n) is 2.74. The van der Waals surface area contributed by atoms with E-state index >= 15 is 0 Å². The number of carbonyl (C=O) groups excluding carboxylic acids is 2. The Kier molecular flexibility index (Phi) is 6.03. The first-order chi connectivity index (χ1) is 14.2. The zero-order valence-electron chi connectivity index (χ0n) is 15.8. The summed E-state index contributed by atoms with van der Waals surface area (Å²) in [5, 5.41) is 14.6. The van der Waals surface area contributed by atoms with Gasteiger partial charge in [-0.05, 0) is 42.3 Å². The molecular formula is C20H18ClN5O4. The number of hydrogen-bond donors (Lipinski definition) is 5. The van der Waals surface area contributed by atoms with Gasteiger partial charge in [0.2, 0.25) is 0 Å². The average molecular weight is 428 g/mol. The van der Waals surface area contributed by atoms with Crippen molar-refractivity contribution >= 4 is 41.0 Å². The third-order valence-electron chi connectivity index (χ3n) is 4.32. The van der Waals surface area contributed by atoms with Crippen LogP contribution in [0.5, 0.6) is 0 Å². The highest BCUT2D eigenvalue weighted by Crippen LogP contribution is 2.23. The molecule has 0 aliphatic carbocycles. The molecule has 0 bridgehead atoms. The number of rotatable bonds is 6. The Balaban J connectivity index is 1.77. The number of anilines is 2. The number of carboxylic acid groups (broad SMARTS) is 1. The van der Waals surface area contributed by atoms with Gasteiger partial charge in [-0.1, -0.05) is 29.8 Å². The topological polar surface area (TPSA) is 150 Å². The SMILES string of the molecule is Cc1c(Cl)cccc1NC(=O)Nc1nc(Cc2ccc(C(=O)O)cc2)[nH]c1C(N)=O. The molecule has 0 unspecified atom stereocenters. The second-order valence-corrected chi connectivity index (χ2v) is 6.85. The molecule has 9 nitrogen and oxygen atoms in total. The zero-order chi connectivity index (χ0) is 21.8. The van der Waals surface area contributed by atoms with Crippen molar-refractivity contribution in [3.05, 3.63) is 75.7 Å². The summed E-state index contributed by atoms with van der Waals surface area (Å²) in [5.74, 6) is -1.45. The molecule has 0 fully saturated rings. The molecular weight excluding hydrogens is 410 g/mol. The summed E-state index contributed by atoms with van der Waals surface area (Å²) in [4.78, 5) is 42.1. The van der Waals surface area contributed by atoms with Crippen LogP contribution in [-0.4, -0.2) is 33.0 Å².